The average Bonchev–Trinajstić information content (AvgIpc) is 3.08. The number of Topliss-reactive ketones (excluding diaryl/α,β-unsaturated/α-hetero) is 1. The summed E-state index contributed by atoms with van der Waals surface area (Å²) in [6.45, 7) is 6.49. The van der Waals surface area contributed by atoms with Crippen molar-refractivity contribution in [1.82, 2.24) is 4.98 Å². The van der Waals surface area contributed by atoms with Gasteiger partial charge in [-0.3, -0.25) is 19.5 Å². The molecule has 1 aliphatic rings. The number of hydrogen-bond donors (Lipinski definition) is 1. The number of aromatic nitrogens is 1. The van der Waals surface area contributed by atoms with Gasteiger partial charge in [0.2, 0.25) is 0 Å². The van der Waals surface area contributed by atoms with E-state index >= 15 is 0 Å². The molecule has 174 valence electrons. The number of aryl methyl sites for hydroxylation is 1. The van der Waals surface area contributed by atoms with Gasteiger partial charge in [-0.25, -0.2) is 0 Å². The zero-order chi connectivity index (χ0) is 24.4. The lowest BCUT2D eigenvalue weighted by molar-refractivity contribution is -0.132. The fourth-order valence-corrected chi connectivity index (χ4v) is 4.18. The highest BCUT2D eigenvalue weighted by molar-refractivity contribution is 6.51. The molecule has 1 amide bonds. The molecule has 0 spiro atoms. The fourth-order valence-electron chi connectivity index (χ4n) is 3.95. The van der Waals surface area contributed by atoms with Gasteiger partial charge in [-0.15, -0.1) is 0 Å². The number of rotatable bonds is 6. The van der Waals surface area contributed by atoms with Gasteiger partial charge in [0.05, 0.1) is 18.2 Å². The van der Waals surface area contributed by atoms with Crippen LogP contribution in [0.5, 0.6) is 5.75 Å². The van der Waals surface area contributed by atoms with Gasteiger partial charge in [-0.05, 0) is 72.5 Å². The number of aliphatic hydroxyl groups excluding tert-OH is 1. The molecule has 0 aliphatic carbocycles. The summed E-state index contributed by atoms with van der Waals surface area (Å²) in [6.07, 6.45) is 3.20. The topological polar surface area (TPSA) is 79.7 Å². The molecule has 4 rings (SSSR count). The molecule has 1 aromatic heterocycles. The first-order chi connectivity index (χ1) is 16.3. The summed E-state index contributed by atoms with van der Waals surface area (Å²) in [5, 5.41) is 11.7. The Bertz CT molecular complexity index is 1250. The predicted molar refractivity (Wildman–Crippen MR) is 132 cm³/mol. The van der Waals surface area contributed by atoms with Crippen LogP contribution in [-0.2, 0) is 9.59 Å². The first-order valence-corrected chi connectivity index (χ1v) is 11.4. The van der Waals surface area contributed by atoms with Crippen molar-refractivity contribution in [3.63, 3.8) is 0 Å². The zero-order valence-electron chi connectivity index (χ0n) is 19.2. The normalized spacial score (nSPS) is 17.4. The second-order valence-electron chi connectivity index (χ2n) is 8.62. The van der Waals surface area contributed by atoms with Crippen LogP contribution in [0.15, 0.2) is 72.6 Å². The summed E-state index contributed by atoms with van der Waals surface area (Å²) in [5.74, 6) is -0.707. The molecule has 6 nitrogen and oxygen atoms in total. The molecule has 0 bridgehead atoms. The summed E-state index contributed by atoms with van der Waals surface area (Å²) in [4.78, 5) is 32.0. The molecule has 2 heterocycles. The third-order valence-corrected chi connectivity index (χ3v) is 5.81. The fraction of sp³-hybridized carbons (Fsp3) is 0.222. The highest BCUT2D eigenvalue weighted by Crippen LogP contribution is 2.43. The van der Waals surface area contributed by atoms with Crippen LogP contribution < -0.4 is 9.64 Å². The smallest absolute Gasteiger partial charge is 0.300 e. The Hall–Kier alpha value is -3.64. The molecular formula is C27H25ClN2O4. The Morgan fingerprint density at radius 1 is 1.15 bits per heavy atom. The minimum absolute atomic E-state index is 0.00296. The molecule has 1 aliphatic heterocycles. The number of aliphatic hydroxyl groups is 1. The number of ether oxygens (including phenoxy) is 1. The molecular weight excluding hydrogens is 452 g/mol. The van der Waals surface area contributed by atoms with E-state index in [2.05, 4.69) is 18.8 Å². The lowest BCUT2D eigenvalue weighted by atomic mass is 9.96. The number of carbonyl (C=O) groups is 2. The maximum Gasteiger partial charge on any atom is 0.300 e. The molecule has 1 saturated heterocycles. The lowest BCUT2D eigenvalue weighted by Gasteiger charge is -2.26. The number of hydrogen-bond acceptors (Lipinski definition) is 5. The second kappa shape index (κ2) is 9.69. The van der Waals surface area contributed by atoms with Crippen LogP contribution in [-0.4, -0.2) is 28.4 Å². The third kappa shape index (κ3) is 4.54. The number of nitrogens with zero attached hydrogens (tertiary/aromatic N) is 2. The summed E-state index contributed by atoms with van der Waals surface area (Å²) in [6, 6.07) is 14.6. The second-order valence-corrected chi connectivity index (χ2v) is 9.05. The first-order valence-electron chi connectivity index (χ1n) is 11.0. The van der Waals surface area contributed by atoms with Gasteiger partial charge in [0.25, 0.3) is 11.7 Å². The van der Waals surface area contributed by atoms with E-state index in [1.807, 2.05) is 6.92 Å². The Kier molecular flexibility index (Phi) is 6.70. The van der Waals surface area contributed by atoms with Crippen LogP contribution in [0, 0.1) is 12.8 Å². The van der Waals surface area contributed by atoms with Gasteiger partial charge < -0.3 is 9.84 Å². The average molecular weight is 477 g/mol. The lowest BCUT2D eigenvalue weighted by Crippen LogP contribution is -2.30. The quantitative estimate of drug-likeness (QED) is 0.280. The van der Waals surface area contributed by atoms with E-state index in [1.165, 1.54) is 4.90 Å². The van der Waals surface area contributed by atoms with Crippen molar-refractivity contribution in [3.05, 3.63) is 94.3 Å². The van der Waals surface area contributed by atoms with Crippen LogP contribution in [0.25, 0.3) is 5.76 Å². The molecule has 34 heavy (non-hydrogen) atoms. The maximum absolute atomic E-state index is 13.2. The van der Waals surface area contributed by atoms with Gasteiger partial charge in [0.1, 0.15) is 11.5 Å². The van der Waals surface area contributed by atoms with E-state index in [0.717, 1.165) is 5.56 Å². The van der Waals surface area contributed by atoms with E-state index in [1.54, 1.807) is 67.0 Å². The highest BCUT2D eigenvalue weighted by Gasteiger charge is 2.47. The standard InChI is InChI=1S/C27H25ClN2O4/c1-16(2)15-34-21-9-6-18(7-10-21)25(31)23-24(19-5-4-12-29-14-19)30(27(33)26(23)32)22-11-8-20(28)13-17(22)3/h4-14,16,24,31H,15H2,1-3H3/b25-23+. The number of amides is 1. The number of pyridine rings is 1. The summed E-state index contributed by atoms with van der Waals surface area (Å²) in [7, 11) is 0. The minimum Gasteiger partial charge on any atom is -0.507 e. The van der Waals surface area contributed by atoms with Crippen molar-refractivity contribution in [1.29, 1.82) is 0 Å². The predicted octanol–water partition coefficient (Wildman–Crippen LogP) is 5.70. The monoisotopic (exact) mass is 476 g/mol. The molecule has 1 atom stereocenters. The van der Waals surface area contributed by atoms with Crippen molar-refractivity contribution in [2.75, 3.05) is 11.5 Å². The first kappa shape index (κ1) is 23.5. The van der Waals surface area contributed by atoms with Crippen LogP contribution in [0.3, 0.4) is 0 Å². The molecule has 3 aromatic rings. The van der Waals surface area contributed by atoms with Crippen molar-refractivity contribution >= 4 is 34.7 Å². The van der Waals surface area contributed by atoms with E-state index < -0.39 is 17.7 Å². The van der Waals surface area contributed by atoms with Crippen molar-refractivity contribution in [3.8, 4) is 5.75 Å². The van der Waals surface area contributed by atoms with Crippen LogP contribution in [0.4, 0.5) is 5.69 Å². The third-order valence-electron chi connectivity index (χ3n) is 5.57. The summed E-state index contributed by atoms with van der Waals surface area (Å²) >= 11 is 6.11. The molecule has 1 unspecified atom stereocenters. The highest BCUT2D eigenvalue weighted by atomic mass is 35.5. The largest absolute Gasteiger partial charge is 0.507 e. The number of benzene rings is 2. The number of ketones is 1. The molecule has 1 fully saturated rings. The van der Waals surface area contributed by atoms with Crippen LogP contribution in [0.2, 0.25) is 5.02 Å². The van der Waals surface area contributed by atoms with E-state index in [0.29, 0.717) is 40.1 Å². The maximum atomic E-state index is 13.2. The molecule has 0 saturated carbocycles. The Labute approximate surface area is 203 Å². The van der Waals surface area contributed by atoms with E-state index in [4.69, 9.17) is 16.3 Å². The zero-order valence-corrected chi connectivity index (χ0v) is 19.9. The number of carbonyl (C=O) groups excluding carboxylic acids is 2. The molecule has 0 radical (unpaired) electrons. The van der Waals surface area contributed by atoms with Crippen molar-refractivity contribution in [2.45, 2.75) is 26.8 Å². The van der Waals surface area contributed by atoms with Crippen molar-refractivity contribution in [2.24, 2.45) is 5.92 Å². The number of anilines is 1. The summed E-state index contributed by atoms with van der Waals surface area (Å²) < 4.78 is 5.71. The Morgan fingerprint density at radius 2 is 1.88 bits per heavy atom. The molecule has 7 heteroatoms. The van der Waals surface area contributed by atoms with Gasteiger partial charge in [0, 0.05) is 28.7 Å². The van der Waals surface area contributed by atoms with Crippen LogP contribution >= 0.6 is 11.6 Å². The number of halogens is 1. The van der Waals surface area contributed by atoms with Crippen molar-refractivity contribution < 1.29 is 19.4 Å². The Morgan fingerprint density at radius 3 is 2.50 bits per heavy atom. The van der Waals surface area contributed by atoms with Gasteiger partial charge >= 0.3 is 0 Å². The van der Waals surface area contributed by atoms with Gasteiger partial charge in [-0.2, -0.15) is 0 Å². The van der Waals surface area contributed by atoms with E-state index in [9.17, 15) is 14.7 Å². The SMILES string of the molecule is Cc1cc(Cl)ccc1N1C(=O)C(=O)/C(=C(/O)c2ccc(OCC(C)C)cc2)C1c1cccnc1. The molecule has 2 aromatic carbocycles. The van der Waals surface area contributed by atoms with Gasteiger partial charge in [-0.1, -0.05) is 31.5 Å². The Balaban J connectivity index is 1.82. The van der Waals surface area contributed by atoms with Gasteiger partial charge in [0.15, 0.2) is 0 Å². The van der Waals surface area contributed by atoms with E-state index in [-0.39, 0.29) is 11.3 Å². The van der Waals surface area contributed by atoms with Crippen LogP contribution in [0.1, 0.15) is 36.6 Å². The minimum atomic E-state index is -0.842. The molecule has 1 N–H and O–H groups in total. The summed E-state index contributed by atoms with van der Waals surface area (Å²) in [5.41, 5.74) is 2.29.